The number of hydrogen-bond acceptors (Lipinski definition) is 7. The van der Waals surface area contributed by atoms with Crippen LogP contribution in [0, 0.1) is 0 Å². The fourth-order valence-corrected chi connectivity index (χ4v) is 2.81. The molecule has 106 valence electrons. The first-order valence-electron chi connectivity index (χ1n) is 6.31. The van der Waals surface area contributed by atoms with E-state index in [1.165, 1.54) is 16.3 Å². The third kappa shape index (κ3) is 2.73. The molecule has 0 N–H and O–H groups in total. The SMILES string of the molecule is Cn1ccnc(Sc2nnnn2CC2CCCO2)c1=O. The Bertz CT molecular complexity index is 648. The van der Waals surface area contributed by atoms with Gasteiger partial charge in [0, 0.05) is 26.0 Å². The van der Waals surface area contributed by atoms with Crippen molar-refractivity contribution in [3.63, 3.8) is 0 Å². The summed E-state index contributed by atoms with van der Waals surface area (Å²) in [7, 11) is 1.68. The summed E-state index contributed by atoms with van der Waals surface area (Å²) >= 11 is 1.17. The molecular weight excluding hydrogens is 280 g/mol. The first-order valence-corrected chi connectivity index (χ1v) is 7.13. The van der Waals surface area contributed by atoms with Crippen molar-refractivity contribution in [3.05, 3.63) is 22.7 Å². The molecule has 9 heteroatoms. The lowest BCUT2D eigenvalue weighted by molar-refractivity contribution is 0.0912. The molecule has 0 spiro atoms. The summed E-state index contributed by atoms with van der Waals surface area (Å²) in [6.45, 7) is 1.39. The Morgan fingerprint density at radius 3 is 3.25 bits per heavy atom. The first-order chi connectivity index (χ1) is 9.74. The summed E-state index contributed by atoms with van der Waals surface area (Å²) in [5.41, 5.74) is -0.163. The third-order valence-electron chi connectivity index (χ3n) is 3.07. The maximum absolute atomic E-state index is 11.9. The highest BCUT2D eigenvalue weighted by atomic mass is 32.2. The molecule has 0 bridgehead atoms. The van der Waals surface area contributed by atoms with E-state index in [-0.39, 0.29) is 11.7 Å². The van der Waals surface area contributed by atoms with Gasteiger partial charge in [0.05, 0.1) is 12.6 Å². The Hall–Kier alpha value is -1.74. The topological polar surface area (TPSA) is 87.7 Å². The van der Waals surface area contributed by atoms with Gasteiger partial charge in [-0.2, -0.15) is 0 Å². The Labute approximate surface area is 119 Å². The molecule has 0 saturated carbocycles. The van der Waals surface area contributed by atoms with E-state index in [1.807, 2.05) is 0 Å². The van der Waals surface area contributed by atoms with Crippen molar-refractivity contribution in [1.29, 1.82) is 0 Å². The molecule has 8 nitrogen and oxygen atoms in total. The van der Waals surface area contributed by atoms with E-state index in [0.717, 1.165) is 19.4 Å². The van der Waals surface area contributed by atoms with Crippen LogP contribution in [0.2, 0.25) is 0 Å². The van der Waals surface area contributed by atoms with Gasteiger partial charge in [0.15, 0.2) is 5.03 Å². The van der Waals surface area contributed by atoms with Gasteiger partial charge in [-0.25, -0.2) is 9.67 Å². The van der Waals surface area contributed by atoms with Crippen LogP contribution in [0.25, 0.3) is 0 Å². The van der Waals surface area contributed by atoms with Gasteiger partial charge in [0.2, 0.25) is 5.16 Å². The fourth-order valence-electron chi connectivity index (χ4n) is 2.00. The Morgan fingerprint density at radius 1 is 1.55 bits per heavy atom. The predicted molar refractivity (Wildman–Crippen MR) is 70.4 cm³/mol. The molecule has 1 fully saturated rings. The zero-order valence-corrected chi connectivity index (χ0v) is 11.8. The van der Waals surface area contributed by atoms with Crippen LogP contribution >= 0.6 is 11.8 Å². The lowest BCUT2D eigenvalue weighted by atomic mass is 10.2. The molecule has 2 aromatic heterocycles. The minimum Gasteiger partial charge on any atom is -0.376 e. The normalized spacial score (nSPS) is 18.6. The van der Waals surface area contributed by atoms with E-state index in [0.29, 0.717) is 16.7 Å². The van der Waals surface area contributed by atoms with Crippen molar-refractivity contribution in [3.8, 4) is 0 Å². The molecule has 0 aliphatic carbocycles. The van der Waals surface area contributed by atoms with Gasteiger partial charge >= 0.3 is 0 Å². The summed E-state index contributed by atoms with van der Waals surface area (Å²) in [4.78, 5) is 16.0. The molecule has 1 atom stereocenters. The quantitative estimate of drug-likeness (QED) is 0.790. The van der Waals surface area contributed by atoms with Gasteiger partial charge in [-0.05, 0) is 35.0 Å². The summed E-state index contributed by atoms with van der Waals surface area (Å²) in [5.74, 6) is 0. The van der Waals surface area contributed by atoms with Crippen LogP contribution in [0.3, 0.4) is 0 Å². The number of aryl methyl sites for hydroxylation is 1. The van der Waals surface area contributed by atoms with Gasteiger partial charge in [-0.3, -0.25) is 4.79 Å². The molecule has 1 saturated heterocycles. The lowest BCUT2D eigenvalue weighted by Crippen LogP contribution is -2.20. The van der Waals surface area contributed by atoms with Crippen LogP contribution in [-0.2, 0) is 18.3 Å². The number of aromatic nitrogens is 6. The van der Waals surface area contributed by atoms with Crippen molar-refractivity contribution in [2.24, 2.45) is 7.05 Å². The third-order valence-corrected chi connectivity index (χ3v) is 4.02. The van der Waals surface area contributed by atoms with E-state index in [4.69, 9.17) is 4.74 Å². The van der Waals surface area contributed by atoms with Crippen molar-refractivity contribution in [2.75, 3.05) is 6.61 Å². The first kappa shape index (κ1) is 13.3. The highest BCUT2D eigenvalue weighted by molar-refractivity contribution is 7.99. The Morgan fingerprint density at radius 2 is 2.45 bits per heavy atom. The Balaban J connectivity index is 1.79. The summed E-state index contributed by atoms with van der Waals surface area (Å²) < 4.78 is 8.70. The van der Waals surface area contributed by atoms with E-state index < -0.39 is 0 Å². The minimum absolute atomic E-state index is 0.143. The number of rotatable bonds is 4. The second-order valence-electron chi connectivity index (χ2n) is 4.53. The van der Waals surface area contributed by atoms with Crippen LogP contribution in [0.4, 0.5) is 0 Å². The largest absolute Gasteiger partial charge is 0.376 e. The van der Waals surface area contributed by atoms with Gasteiger partial charge in [0.1, 0.15) is 0 Å². The van der Waals surface area contributed by atoms with Gasteiger partial charge < -0.3 is 9.30 Å². The molecule has 2 aromatic rings. The average Bonchev–Trinajstić information content (AvgIpc) is 3.08. The highest BCUT2D eigenvalue weighted by Crippen LogP contribution is 2.21. The molecule has 0 radical (unpaired) electrons. The molecule has 20 heavy (non-hydrogen) atoms. The second kappa shape index (κ2) is 5.71. The van der Waals surface area contributed by atoms with Crippen molar-refractivity contribution >= 4 is 11.8 Å². The van der Waals surface area contributed by atoms with Gasteiger partial charge in [-0.1, -0.05) is 0 Å². The summed E-state index contributed by atoms with van der Waals surface area (Å²) in [5, 5.41) is 12.5. The maximum atomic E-state index is 11.9. The molecule has 0 aromatic carbocycles. The number of tetrazole rings is 1. The lowest BCUT2D eigenvalue weighted by Gasteiger charge is -2.09. The van der Waals surface area contributed by atoms with Crippen LogP contribution in [0.1, 0.15) is 12.8 Å². The molecule has 1 aliphatic rings. The van der Waals surface area contributed by atoms with Crippen LogP contribution < -0.4 is 5.56 Å². The molecule has 0 amide bonds. The zero-order chi connectivity index (χ0) is 13.9. The average molecular weight is 294 g/mol. The minimum atomic E-state index is -0.163. The van der Waals surface area contributed by atoms with E-state index in [1.54, 1.807) is 24.1 Å². The Kier molecular flexibility index (Phi) is 3.79. The van der Waals surface area contributed by atoms with Crippen molar-refractivity contribution in [1.82, 2.24) is 29.8 Å². The van der Waals surface area contributed by atoms with Crippen LogP contribution in [0.15, 0.2) is 27.4 Å². The molecule has 1 aliphatic heterocycles. The molecular formula is C11H14N6O2S. The van der Waals surface area contributed by atoms with Gasteiger partial charge in [-0.15, -0.1) is 5.10 Å². The van der Waals surface area contributed by atoms with E-state index >= 15 is 0 Å². The number of nitrogens with zero attached hydrogens (tertiary/aromatic N) is 6. The maximum Gasteiger partial charge on any atom is 0.283 e. The van der Waals surface area contributed by atoms with Gasteiger partial charge in [0.25, 0.3) is 5.56 Å². The number of hydrogen-bond donors (Lipinski definition) is 0. The summed E-state index contributed by atoms with van der Waals surface area (Å²) in [6.07, 6.45) is 5.41. The standard InChI is InChI=1S/C11H14N6O2S/c1-16-5-4-12-9(10(16)18)20-11-13-14-15-17(11)7-8-3-2-6-19-8/h4-5,8H,2-3,6-7H2,1H3. The molecule has 1 unspecified atom stereocenters. The van der Waals surface area contributed by atoms with E-state index in [9.17, 15) is 4.79 Å². The van der Waals surface area contributed by atoms with Crippen molar-refractivity contribution < 1.29 is 4.74 Å². The molecule has 3 heterocycles. The molecule has 3 rings (SSSR count). The van der Waals surface area contributed by atoms with Crippen molar-refractivity contribution in [2.45, 2.75) is 35.7 Å². The van der Waals surface area contributed by atoms with Crippen LogP contribution in [0.5, 0.6) is 0 Å². The highest BCUT2D eigenvalue weighted by Gasteiger charge is 2.20. The fraction of sp³-hybridized carbons (Fsp3) is 0.545. The predicted octanol–water partition coefficient (Wildman–Crippen LogP) is 0.0970. The van der Waals surface area contributed by atoms with Crippen LogP contribution in [-0.4, -0.2) is 42.5 Å². The number of ether oxygens (including phenoxy) is 1. The van der Waals surface area contributed by atoms with E-state index in [2.05, 4.69) is 20.5 Å². The smallest absolute Gasteiger partial charge is 0.283 e. The zero-order valence-electron chi connectivity index (χ0n) is 11.0. The second-order valence-corrected chi connectivity index (χ2v) is 5.49. The monoisotopic (exact) mass is 294 g/mol. The summed E-state index contributed by atoms with van der Waals surface area (Å²) in [6, 6.07) is 0.